The third-order valence-corrected chi connectivity index (χ3v) is 5.00. The van der Waals surface area contributed by atoms with Gasteiger partial charge in [0.05, 0.1) is 12.2 Å². The monoisotopic (exact) mass is 398 g/mol. The summed E-state index contributed by atoms with van der Waals surface area (Å²) in [6, 6.07) is 6.63. The summed E-state index contributed by atoms with van der Waals surface area (Å²) in [7, 11) is 0. The molecule has 4 rings (SSSR count). The lowest BCUT2D eigenvalue weighted by molar-refractivity contribution is -0.131. The Morgan fingerprint density at radius 1 is 1.14 bits per heavy atom. The van der Waals surface area contributed by atoms with Crippen LogP contribution in [0.3, 0.4) is 0 Å². The van der Waals surface area contributed by atoms with Crippen molar-refractivity contribution < 1.29 is 18.4 Å². The van der Waals surface area contributed by atoms with Crippen molar-refractivity contribution in [1.82, 2.24) is 19.6 Å². The summed E-state index contributed by atoms with van der Waals surface area (Å²) >= 11 is 0. The highest BCUT2D eigenvalue weighted by molar-refractivity contribution is 6.07. The number of aryl methyl sites for hydroxylation is 1. The van der Waals surface area contributed by atoms with Crippen molar-refractivity contribution >= 4 is 17.6 Å². The number of hydrogen-bond donors (Lipinski definition) is 1. The van der Waals surface area contributed by atoms with Crippen LogP contribution in [-0.4, -0.2) is 26.2 Å². The van der Waals surface area contributed by atoms with Crippen molar-refractivity contribution in [3.63, 3.8) is 0 Å². The number of carbonyl (C=O) groups excluding carboxylic acids is 2. The lowest BCUT2D eigenvalue weighted by Crippen LogP contribution is -2.41. The van der Waals surface area contributed by atoms with Gasteiger partial charge in [-0.25, -0.2) is 18.6 Å². The summed E-state index contributed by atoms with van der Waals surface area (Å²) in [5.41, 5.74) is -1.06. The molecule has 7 nitrogen and oxygen atoms in total. The van der Waals surface area contributed by atoms with E-state index in [0.29, 0.717) is 5.65 Å². The molecule has 0 bridgehead atoms. The molecule has 3 aromatic rings. The highest BCUT2D eigenvalue weighted by atomic mass is 19.1. The summed E-state index contributed by atoms with van der Waals surface area (Å²) in [4.78, 5) is 43.0. The standard InChI is InChI=1S/C20H16F2N4O3/c1-11-4-3-7-25-16(27)9-13(23-17(11)25)10-26-18(28)20(2,24-19(26)29)14-8-12(21)5-6-15(14)22/h3-9H,10H2,1-2H3,(H,24,29). The molecule has 0 radical (unpaired) electrons. The van der Waals surface area contributed by atoms with E-state index in [4.69, 9.17) is 0 Å². The van der Waals surface area contributed by atoms with E-state index in [-0.39, 0.29) is 23.4 Å². The molecule has 0 spiro atoms. The zero-order valence-electron chi connectivity index (χ0n) is 15.6. The minimum Gasteiger partial charge on any atom is -0.319 e. The molecule has 1 aliphatic heterocycles. The first kappa shape index (κ1) is 18.7. The van der Waals surface area contributed by atoms with E-state index in [9.17, 15) is 23.2 Å². The number of nitrogens with one attached hydrogen (secondary N) is 1. The average Bonchev–Trinajstić information content (AvgIpc) is 2.88. The van der Waals surface area contributed by atoms with Crippen LogP contribution in [-0.2, 0) is 16.9 Å². The van der Waals surface area contributed by atoms with Crippen LogP contribution in [0.5, 0.6) is 0 Å². The van der Waals surface area contributed by atoms with Gasteiger partial charge in [0.15, 0.2) is 0 Å². The van der Waals surface area contributed by atoms with Crippen LogP contribution >= 0.6 is 0 Å². The van der Waals surface area contributed by atoms with Gasteiger partial charge in [-0.15, -0.1) is 0 Å². The summed E-state index contributed by atoms with van der Waals surface area (Å²) < 4.78 is 29.2. The maximum Gasteiger partial charge on any atom is 0.325 e. The Balaban J connectivity index is 1.72. The van der Waals surface area contributed by atoms with Gasteiger partial charge >= 0.3 is 6.03 Å². The lowest BCUT2D eigenvalue weighted by Gasteiger charge is -2.22. The smallest absolute Gasteiger partial charge is 0.319 e. The number of urea groups is 1. The Morgan fingerprint density at radius 2 is 1.90 bits per heavy atom. The molecular weight excluding hydrogens is 382 g/mol. The highest BCUT2D eigenvalue weighted by Gasteiger charge is 2.50. The Bertz CT molecular complexity index is 1240. The number of aromatic nitrogens is 2. The summed E-state index contributed by atoms with van der Waals surface area (Å²) in [6.45, 7) is 2.80. The second-order valence-corrected chi connectivity index (χ2v) is 7.04. The molecule has 1 saturated heterocycles. The molecule has 148 valence electrons. The largest absolute Gasteiger partial charge is 0.325 e. The van der Waals surface area contributed by atoms with Gasteiger partial charge in [-0.2, -0.15) is 0 Å². The van der Waals surface area contributed by atoms with Gasteiger partial charge in [-0.05, 0) is 43.7 Å². The number of hydrogen-bond acceptors (Lipinski definition) is 4. The molecule has 1 fully saturated rings. The van der Waals surface area contributed by atoms with Gasteiger partial charge in [0.2, 0.25) is 0 Å². The van der Waals surface area contributed by atoms with Crippen LogP contribution < -0.4 is 10.9 Å². The van der Waals surface area contributed by atoms with Crippen molar-refractivity contribution in [2.75, 3.05) is 0 Å². The second-order valence-electron chi connectivity index (χ2n) is 7.04. The van der Waals surface area contributed by atoms with E-state index in [0.717, 1.165) is 28.7 Å². The van der Waals surface area contributed by atoms with Crippen molar-refractivity contribution in [3.05, 3.63) is 81.4 Å². The molecule has 9 heteroatoms. The highest BCUT2D eigenvalue weighted by Crippen LogP contribution is 2.31. The van der Waals surface area contributed by atoms with E-state index in [1.54, 1.807) is 25.3 Å². The Labute approximate surface area is 163 Å². The van der Waals surface area contributed by atoms with Crippen LogP contribution in [0.4, 0.5) is 13.6 Å². The fourth-order valence-electron chi connectivity index (χ4n) is 3.46. The third kappa shape index (κ3) is 2.95. The molecule has 1 unspecified atom stereocenters. The van der Waals surface area contributed by atoms with Crippen LogP contribution in [0, 0.1) is 18.6 Å². The van der Waals surface area contributed by atoms with Crippen molar-refractivity contribution in [2.24, 2.45) is 0 Å². The number of pyridine rings is 1. The first-order valence-electron chi connectivity index (χ1n) is 8.78. The predicted octanol–water partition coefficient (Wildman–Crippen LogP) is 2.25. The first-order valence-corrected chi connectivity index (χ1v) is 8.78. The number of fused-ring (bicyclic) bond motifs is 1. The van der Waals surface area contributed by atoms with Gasteiger partial charge in [0.25, 0.3) is 11.5 Å². The lowest BCUT2D eigenvalue weighted by atomic mass is 9.91. The van der Waals surface area contributed by atoms with E-state index in [2.05, 4.69) is 10.3 Å². The molecule has 3 amide bonds. The van der Waals surface area contributed by atoms with Crippen LogP contribution in [0.2, 0.25) is 0 Å². The van der Waals surface area contributed by atoms with Gasteiger partial charge in [-0.1, -0.05) is 6.07 Å². The molecule has 1 aromatic carbocycles. The maximum absolute atomic E-state index is 14.2. The topological polar surface area (TPSA) is 83.8 Å². The summed E-state index contributed by atoms with van der Waals surface area (Å²) in [6.07, 6.45) is 1.57. The number of imide groups is 1. The second kappa shape index (κ2) is 6.47. The maximum atomic E-state index is 14.2. The Morgan fingerprint density at radius 3 is 2.66 bits per heavy atom. The zero-order valence-corrected chi connectivity index (χ0v) is 15.6. The fourth-order valence-corrected chi connectivity index (χ4v) is 3.46. The van der Waals surface area contributed by atoms with Crippen LogP contribution in [0.25, 0.3) is 5.65 Å². The van der Waals surface area contributed by atoms with E-state index < -0.39 is 29.1 Å². The van der Waals surface area contributed by atoms with Gasteiger partial charge in [0, 0.05) is 17.8 Å². The third-order valence-electron chi connectivity index (χ3n) is 5.00. The molecule has 1 N–H and O–H groups in total. The van der Waals surface area contributed by atoms with Crippen molar-refractivity contribution in [3.8, 4) is 0 Å². The average molecular weight is 398 g/mol. The molecule has 1 aliphatic rings. The van der Waals surface area contributed by atoms with E-state index >= 15 is 0 Å². The molecule has 2 aromatic heterocycles. The normalized spacial score (nSPS) is 19.1. The fraction of sp³-hybridized carbons (Fsp3) is 0.200. The zero-order chi connectivity index (χ0) is 20.9. The minimum absolute atomic E-state index is 0.205. The van der Waals surface area contributed by atoms with Crippen molar-refractivity contribution in [2.45, 2.75) is 25.9 Å². The molecule has 0 saturated carbocycles. The quantitative estimate of drug-likeness (QED) is 0.686. The Hall–Kier alpha value is -3.62. The predicted molar refractivity (Wildman–Crippen MR) is 99.0 cm³/mol. The molecule has 29 heavy (non-hydrogen) atoms. The van der Waals surface area contributed by atoms with Gasteiger partial charge < -0.3 is 5.32 Å². The van der Waals surface area contributed by atoms with E-state index in [1.807, 2.05) is 0 Å². The van der Waals surface area contributed by atoms with Gasteiger partial charge in [0.1, 0.15) is 22.8 Å². The van der Waals surface area contributed by atoms with Crippen molar-refractivity contribution in [1.29, 1.82) is 0 Å². The number of benzene rings is 1. The summed E-state index contributed by atoms with van der Waals surface area (Å²) in [5.74, 6) is -2.32. The molecular formula is C20H16F2N4O3. The number of amides is 3. The Kier molecular flexibility index (Phi) is 4.18. The number of carbonyl (C=O) groups is 2. The minimum atomic E-state index is -1.77. The summed E-state index contributed by atoms with van der Waals surface area (Å²) in [5, 5.41) is 2.42. The van der Waals surface area contributed by atoms with Gasteiger partial charge in [-0.3, -0.25) is 18.9 Å². The van der Waals surface area contributed by atoms with Crippen LogP contribution in [0.15, 0.2) is 47.4 Å². The molecule has 0 aliphatic carbocycles. The van der Waals surface area contributed by atoms with E-state index in [1.165, 1.54) is 17.4 Å². The first-order chi connectivity index (χ1) is 13.7. The number of nitrogens with zero attached hydrogens (tertiary/aromatic N) is 3. The number of rotatable bonds is 3. The molecule has 1 atom stereocenters. The number of halogens is 2. The molecule has 3 heterocycles. The van der Waals surface area contributed by atoms with Crippen LogP contribution in [0.1, 0.15) is 23.7 Å². The SMILES string of the molecule is Cc1cccn2c(=O)cc(CN3C(=O)NC(C)(c4cc(F)ccc4F)C3=O)nc12.